The lowest BCUT2D eigenvalue weighted by Crippen LogP contribution is -2.07. The van der Waals surface area contributed by atoms with Gasteiger partial charge in [-0.1, -0.05) is 0 Å². The van der Waals surface area contributed by atoms with Crippen molar-refractivity contribution in [1.82, 2.24) is 4.57 Å². The lowest BCUT2D eigenvalue weighted by atomic mass is 10.2. The monoisotopic (exact) mass is 274 g/mol. The summed E-state index contributed by atoms with van der Waals surface area (Å²) in [6.07, 6.45) is 0. The maximum Gasteiger partial charge on any atom is 0.176 e. The van der Waals surface area contributed by atoms with Crippen molar-refractivity contribution in [2.24, 2.45) is 7.05 Å². The molecule has 1 heterocycles. The number of benzene rings is 1. The number of carbonyl (C=O) groups excluding carboxylic acids is 1. The van der Waals surface area contributed by atoms with Gasteiger partial charge in [0.15, 0.2) is 5.78 Å². The number of aromatic hydroxyl groups is 1. The van der Waals surface area contributed by atoms with E-state index in [2.05, 4.69) is 5.32 Å². The molecule has 0 fully saturated rings. The number of methoxy groups -OCH3 is 1. The number of rotatable bonds is 5. The van der Waals surface area contributed by atoms with Crippen LogP contribution in [-0.2, 0) is 13.6 Å². The summed E-state index contributed by atoms with van der Waals surface area (Å²) < 4.78 is 6.92. The molecule has 0 bridgehead atoms. The van der Waals surface area contributed by atoms with Crippen molar-refractivity contribution in [3.8, 4) is 11.5 Å². The molecule has 0 amide bonds. The van der Waals surface area contributed by atoms with Crippen molar-refractivity contribution in [2.75, 3.05) is 12.4 Å². The van der Waals surface area contributed by atoms with Gasteiger partial charge in [0.2, 0.25) is 0 Å². The fourth-order valence-electron chi connectivity index (χ4n) is 2.06. The number of anilines is 1. The maximum absolute atomic E-state index is 11.4. The summed E-state index contributed by atoms with van der Waals surface area (Å²) in [6.45, 7) is 1.98. The molecule has 5 heteroatoms. The number of ether oxygens (including phenoxy) is 1. The van der Waals surface area contributed by atoms with Crippen LogP contribution in [0.3, 0.4) is 0 Å². The largest absolute Gasteiger partial charge is 0.508 e. The highest BCUT2D eigenvalue weighted by molar-refractivity contribution is 5.93. The summed E-state index contributed by atoms with van der Waals surface area (Å²) in [5.41, 5.74) is 1.37. The van der Waals surface area contributed by atoms with Crippen molar-refractivity contribution in [3.63, 3.8) is 0 Å². The molecular weight excluding hydrogens is 256 g/mol. The minimum atomic E-state index is 0.0183. The van der Waals surface area contributed by atoms with Gasteiger partial charge >= 0.3 is 0 Å². The zero-order chi connectivity index (χ0) is 14.7. The molecule has 0 aliphatic rings. The van der Waals surface area contributed by atoms with Crippen molar-refractivity contribution in [3.05, 3.63) is 41.6 Å². The van der Waals surface area contributed by atoms with E-state index >= 15 is 0 Å². The summed E-state index contributed by atoms with van der Waals surface area (Å²) in [5, 5.41) is 13.0. The molecule has 0 saturated heterocycles. The first-order valence-corrected chi connectivity index (χ1v) is 6.29. The number of phenols is 1. The molecule has 1 aromatic heterocycles. The lowest BCUT2D eigenvalue weighted by molar-refractivity contribution is 0.101. The number of phenolic OH excluding ortho intramolecular Hbond substituents is 1. The molecule has 0 aliphatic heterocycles. The van der Waals surface area contributed by atoms with Gasteiger partial charge in [0.05, 0.1) is 12.8 Å². The molecule has 2 aromatic rings. The fraction of sp³-hybridized carbons (Fsp3) is 0.267. The number of hydrogen-bond acceptors (Lipinski definition) is 4. The summed E-state index contributed by atoms with van der Waals surface area (Å²) in [6, 6.07) is 8.69. The average Bonchev–Trinajstić information content (AvgIpc) is 2.79. The first-order valence-electron chi connectivity index (χ1n) is 6.29. The Morgan fingerprint density at radius 2 is 2.10 bits per heavy atom. The number of hydrogen-bond donors (Lipinski definition) is 2. The Bertz CT molecular complexity index is 632. The Morgan fingerprint density at radius 3 is 2.70 bits per heavy atom. The van der Waals surface area contributed by atoms with Crippen LogP contribution in [0.2, 0.25) is 0 Å². The molecule has 0 aliphatic carbocycles. The maximum atomic E-state index is 11.4. The summed E-state index contributed by atoms with van der Waals surface area (Å²) in [4.78, 5) is 11.4. The molecular formula is C15H18N2O3. The molecule has 1 aromatic carbocycles. The Labute approximate surface area is 117 Å². The van der Waals surface area contributed by atoms with E-state index in [4.69, 9.17) is 4.74 Å². The Morgan fingerprint density at radius 1 is 1.35 bits per heavy atom. The van der Waals surface area contributed by atoms with Crippen LogP contribution in [0.15, 0.2) is 30.3 Å². The van der Waals surface area contributed by atoms with E-state index in [-0.39, 0.29) is 11.5 Å². The molecule has 0 atom stereocenters. The number of nitrogens with zero attached hydrogens (tertiary/aromatic N) is 1. The molecule has 2 N–H and O–H groups in total. The highest BCUT2D eigenvalue weighted by Crippen LogP contribution is 2.24. The minimum Gasteiger partial charge on any atom is -0.508 e. The van der Waals surface area contributed by atoms with Gasteiger partial charge in [0.1, 0.15) is 17.3 Å². The Kier molecular flexibility index (Phi) is 3.98. The topological polar surface area (TPSA) is 63.5 Å². The third kappa shape index (κ3) is 2.77. The van der Waals surface area contributed by atoms with Crippen molar-refractivity contribution >= 4 is 11.6 Å². The van der Waals surface area contributed by atoms with E-state index in [0.29, 0.717) is 18.0 Å². The molecule has 0 spiro atoms. The van der Waals surface area contributed by atoms with Crippen LogP contribution in [0.5, 0.6) is 11.5 Å². The van der Waals surface area contributed by atoms with E-state index in [0.717, 1.165) is 11.4 Å². The predicted octanol–water partition coefficient (Wildman–Crippen LogP) is 2.55. The second-order valence-electron chi connectivity index (χ2n) is 4.57. The number of nitrogens with one attached hydrogen (secondary N) is 1. The highest BCUT2D eigenvalue weighted by Gasteiger charge is 2.09. The van der Waals surface area contributed by atoms with Gasteiger partial charge in [-0.15, -0.1) is 0 Å². The van der Waals surface area contributed by atoms with E-state index in [9.17, 15) is 9.90 Å². The fourth-order valence-corrected chi connectivity index (χ4v) is 2.06. The number of aromatic nitrogens is 1. The van der Waals surface area contributed by atoms with E-state index in [1.807, 2.05) is 13.1 Å². The smallest absolute Gasteiger partial charge is 0.176 e. The van der Waals surface area contributed by atoms with Crippen molar-refractivity contribution < 1.29 is 14.6 Å². The Hall–Kier alpha value is -2.43. The third-order valence-electron chi connectivity index (χ3n) is 3.23. The van der Waals surface area contributed by atoms with Gasteiger partial charge in [-0.2, -0.15) is 0 Å². The first-order chi connectivity index (χ1) is 9.52. The van der Waals surface area contributed by atoms with Crippen LogP contribution < -0.4 is 10.1 Å². The standard InChI is InChI=1S/C15H18N2O3/c1-10(18)13-5-7-15(17(13)2)16-9-11-8-12(20-3)4-6-14(11)19/h4-8,16,19H,9H2,1-3H3. The van der Waals surface area contributed by atoms with Crippen LogP contribution in [0.4, 0.5) is 5.82 Å². The summed E-state index contributed by atoms with van der Waals surface area (Å²) in [5.74, 6) is 1.73. The molecule has 5 nitrogen and oxygen atoms in total. The summed E-state index contributed by atoms with van der Waals surface area (Å²) in [7, 11) is 3.41. The molecule has 0 radical (unpaired) electrons. The van der Waals surface area contributed by atoms with Gasteiger partial charge in [0.25, 0.3) is 0 Å². The van der Waals surface area contributed by atoms with Crippen molar-refractivity contribution in [1.29, 1.82) is 0 Å². The van der Waals surface area contributed by atoms with E-state index in [1.165, 1.54) is 6.92 Å². The van der Waals surface area contributed by atoms with Gasteiger partial charge in [-0.25, -0.2) is 0 Å². The van der Waals surface area contributed by atoms with E-state index in [1.54, 1.807) is 35.9 Å². The quantitative estimate of drug-likeness (QED) is 0.822. The van der Waals surface area contributed by atoms with Gasteiger partial charge in [0, 0.05) is 26.1 Å². The van der Waals surface area contributed by atoms with E-state index < -0.39 is 0 Å². The van der Waals surface area contributed by atoms with Crippen LogP contribution in [-0.4, -0.2) is 22.6 Å². The molecule has 0 saturated carbocycles. The lowest BCUT2D eigenvalue weighted by Gasteiger charge is -2.11. The third-order valence-corrected chi connectivity index (χ3v) is 3.23. The second kappa shape index (κ2) is 5.69. The zero-order valence-corrected chi connectivity index (χ0v) is 11.8. The average molecular weight is 274 g/mol. The van der Waals surface area contributed by atoms with Gasteiger partial charge < -0.3 is 19.7 Å². The summed E-state index contributed by atoms with van der Waals surface area (Å²) >= 11 is 0. The van der Waals surface area contributed by atoms with Gasteiger partial charge in [-0.05, 0) is 30.3 Å². The number of carbonyl (C=O) groups is 1. The second-order valence-corrected chi connectivity index (χ2v) is 4.57. The van der Waals surface area contributed by atoms with Crippen LogP contribution in [0, 0.1) is 0 Å². The van der Waals surface area contributed by atoms with Gasteiger partial charge in [-0.3, -0.25) is 4.79 Å². The normalized spacial score (nSPS) is 10.3. The van der Waals surface area contributed by atoms with Crippen molar-refractivity contribution in [2.45, 2.75) is 13.5 Å². The first kappa shape index (κ1) is 14.0. The van der Waals surface area contributed by atoms with Crippen LogP contribution in [0.25, 0.3) is 0 Å². The molecule has 2 rings (SSSR count). The molecule has 106 valence electrons. The zero-order valence-electron chi connectivity index (χ0n) is 11.8. The Balaban J connectivity index is 2.15. The number of Topliss-reactive ketones (excluding diaryl/α,β-unsaturated/α-hetero) is 1. The predicted molar refractivity (Wildman–Crippen MR) is 77.4 cm³/mol. The van der Waals surface area contributed by atoms with Crippen LogP contribution in [0.1, 0.15) is 23.0 Å². The number of ketones is 1. The van der Waals surface area contributed by atoms with Crippen LogP contribution >= 0.6 is 0 Å². The SMILES string of the molecule is COc1ccc(O)c(CNc2ccc(C(C)=O)n2C)c1. The molecule has 20 heavy (non-hydrogen) atoms. The molecule has 0 unspecified atom stereocenters. The minimum absolute atomic E-state index is 0.0183. The highest BCUT2D eigenvalue weighted by atomic mass is 16.5.